The van der Waals surface area contributed by atoms with Crippen LogP contribution in [0.1, 0.15) is 31.7 Å². The average Bonchev–Trinajstić information content (AvgIpc) is 2.36. The summed E-state index contributed by atoms with van der Waals surface area (Å²) in [5.41, 5.74) is 2.18. The fourth-order valence-electron chi connectivity index (χ4n) is 2.08. The van der Waals surface area contributed by atoms with Crippen molar-refractivity contribution in [2.24, 2.45) is 0 Å². The second-order valence-electron chi connectivity index (χ2n) is 4.18. The molecule has 0 amide bonds. The van der Waals surface area contributed by atoms with E-state index in [1.807, 2.05) is 37.4 Å². The zero-order valence-electron chi connectivity index (χ0n) is 9.72. The van der Waals surface area contributed by atoms with Crippen molar-refractivity contribution < 1.29 is 5.11 Å². The molecule has 2 aromatic rings. The summed E-state index contributed by atoms with van der Waals surface area (Å²) in [6.07, 6.45) is 2.31. The second kappa shape index (κ2) is 4.62. The van der Waals surface area contributed by atoms with Crippen molar-refractivity contribution >= 4 is 10.9 Å². The molecule has 0 aliphatic rings. The van der Waals surface area contributed by atoms with Crippen molar-refractivity contribution in [2.75, 3.05) is 0 Å². The first-order chi connectivity index (χ1) is 7.74. The van der Waals surface area contributed by atoms with Crippen LogP contribution in [-0.2, 0) is 0 Å². The summed E-state index contributed by atoms with van der Waals surface area (Å²) in [5, 5.41) is 11.1. The molecule has 0 aliphatic carbocycles. The average molecular weight is 215 g/mol. The van der Waals surface area contributed by atoms with E-state index in [4.69, 9.17) is 0 Å². The van der Waals surface area contributed by atoms with Gasteiger partial charge in [-0.3, -0.25) is 4.98 Å². The van der Waals surface area contributed by atoms with E-state index in [2.05, 4.69) is 18.0 Å². The van der Waals surface area contributed by atoms with Gasteiger partial charge in [-0.1, -0.05) is 32.0 Å². The Balaban J connectivity index is 2.52. The minimum absolute atomic E-state index is 0.151. The van der Waals surface area contributed by atoms with Gasteiger partial charge in [0.1, 0.15) is 0 Å². The molecule has 2 unspecified atom stereocenters. The van der Waals surface area contributed by atoms with Crippen molar-refractivity contribution in [1.29, 1.82) is 0 Å². The normalized spacial score (nSPS) is 14.9. The fourth-order valence-corrected chi connectivity index (χ4v) is 2.08. The van der Waals surface area contributed by atoms with Gasteiger partial charge in [-0.05, 0) is 24.1 Å². The zero-order valence-corrected chi connectivity index (χ0v) is 9.72. The largest absolute Gasteiger partial charge is 0.393 e. The molecule has 16 heavy (non-hydrogen) atoms. The summed E-state index contributed by atoms with van der Waals surface area (Å²) in [4.78, 5) is 4.33. The minimum Gasteiger partial charge on any atom is -0.393 e. The van der Waals surface area contributed by atoms with E-state index in [1.54, 1.807) is 0 Å². The number of aliphatic hydroxyl groups excluding tert-OH is 1. The predicted octanol–water partition coefficient (Wildman–Crippen LogP) is 3.11. The third-order valence-corrected chi connectivity index (χ3v) is 3.17. The molecular weight excluding hydrogens is 198 g/mol. The van der Waals surface area contributed by atoms with Gasteiger partial charge in [-0.25, -0.2) is 0 Å². The molecule has 0 radical (unpaired) electrons. The van der Waals surface area contributed by atoms with E-state index >= 15 is 0 Å². The van der Waals surface area contributed by atoms with Gasteiger partial charge < -0.3 is 5.11 Å². The Morgan fingerprint density at radius 3 is 2.75 bits per heavy atom. The number of hydrogen-bond acceptors (Lipinski definition) is 2. The van der Waals surface area contributed by atoms with Crippen molar-refractivity contribution in [3.63, 3.8) is 0 Å². The third kappa shape index (κ3) is 1.93. The number of nitrogens with zero attached hydrogens (tertiary/aromatic N) is 1. The van der Waals surface area contributed by atoms with Gasteiger partial charge in [-0.15, -0.1) is 0 Å². The molecule has 1 N–H and O–H groups in total. The maximum absolute atomic E-state index is 9.92. The molecule has 1 heterocycles. The molecule has 2 atom stereocenters. The molecule has 0 saturated carbocycles. The molecule has 0 bridgehead atoms. The van der Waals surface area contributed by atoms with E-state index in [0.29, 0.717) is 0 Å². The summed E-state index contributed by atoms with van der Waals surface area (Å²) in [5.74, 6) is 0.151. The van der Waals surface area contributed by atoms with Gasteiger partial charge in [0.05, 0.1) is 11.6 Å². The molecule has 0 fully saturated rings. The molecule has 1 aromatic heterocycles. The summed E-state index contributed by atoms with van der Waals surface area (Å²) in [6.45, 7) is 4.07. The lowest BCUT2D eigenvalue weighted by Gasteiger charge is -2.19. The van der Waals surface area contributed by atoms with E-state index in [0.717, 1.165) is 17.3 Å². The van der Waals surface area contributed by atoms with Gasteiger partial charge in [-0.2, -0.15) is 0 Å². The summed E-state index contributed by atoms with van der Waals surface area (Å²) in [6, 6.07) is 10.1. The van der Waals surface area contributed by atoms with E-state index in [9.17, 15) is 5.11 Å². The van der Waals surface area contributed by atoms with Crippen molar-refractivity contribution in [3.8, 4) is 0 Å². The van der Waals surface area contributed by atoms with Gasteiger partial charge in [0.2, 0.25) is 0 Å². The lowest BCUT2D eigenvalue weighted by Crippen LogP contribution is -2.14. The summed E-state index contributed by atoms with van der Waals surface area (Å²) in [7, 11) is 0. The first kappa shape index (κ1) is 11.1. The molecule has 0 aliphatic heterocycles. The second-order valence-corrected chi connectivity index (χ2v) is 4.18. The van der Waals surface area contributed by atoms with Crippen LogP contribution in [0.15, 0.2) is 36.5 Å². The molecule has 2 heteroatoms. The Morgan fingerprint density at radius 2 is 2.00 bits per heavy atom. The first-order valence-corrected chi connectivity index (χ1v) is 5.75. The Morgan fingerprint density at radius 1 is 1.25 bits per heavy atom. The van der Waals surface area contributed by atoms with Crippen LogP contribution in [-0.4, -0.2) is 16.2 Å². The van der Waals surface area contributed by atoms with Gasteiger partial charge in [0.25, 0.3) is 0 Å². The Bertz CT molecular complexity index is 476. The number of fused-ring (bicyclic) bond motifs is 1. The third-order valence-electron chi connectivity index (χ3n) is 3.17. The zero-order chi connectivity index (χ0) is 11.5. The quantitative estimate of drug-likeness (QED) is 0.853. The Labute approximate surface area is 96.0 Å². The highest BCUT2D eigenvalue weighted by Gasteiger charge is 2.16. The SMILES string of the molecule is CCC(O)C(C)c1ccnc2ccccc12. The Hall–Kier alpha value is -1.41. The minimum atomic E-state index is -0.286. The highest BCUT2D eigenvalue weighted by Crippen LogP contribution is 2.27. The first-order valence-electron chi connectivity index (χ1n) is 5.75. The standard InChI is InChI=1S/C14H17NO/c1-3-14(16)10(2)11-8-9-15-13-7-5-4-6-12(11)13/h4-10,14,16H,3H2,1-2H3. The highest BCUT2D eigenvalue weighted by atomic mass is 16.3. The van der Waals surface area contributed by atoms with E-state index < -0.39 is 0 Å². The molecule has 0 spiro atoms. The number of aromatic nitrogens is 1. The molecule has 0 saturated heterocycles. The van der Waals surface area contributed by atoms with E-state index in [-0.39, 0.29) is 12.0 Å². The molecule has 2 rings (SSSR count). The van der Waals surface area contributed by atoms with Crippen LogP contribution in [0.25, 0.3) is 10.9 Å². The van der Waals surface area contributed by atoms with Crippen LogP contribution in [0.5, 0.6) is 0 Å². The van der Waals surface area contributed by atoms with Crippen LogP contribution < -0.4 is 0 Å². The van der Waals surface area contributed by atoms with Gasteiger partial charge in [0, 0.05) is 17.5 Å². The molecule has 2 nitrogen and oxygen atoms in total. The number of pyridine rings is 1. The van der Waals surface area contributed by atoms with Crippen LogP contribution in [0.3, 0.4) is 0 Å². The van der Waals surface area contributed by atoms with E-state index in [1.165, 1.54) is 5.56 Å². The molecular formula is C14H17NO. The van der Waals surface area contributed by atoms with Crippen LogP contribution in [0.2, 0.25) is 0 Å². The van der Waals surface area contributed by atoms with Crippen LogP contribution in [0.4, 0.5) is 0 Å². The Kier molecular flexibility index (Phi) is 3.20. The van der Waals surface area contributed by atoms with Gasteiger partial charge >= 0.3 is 0 Å². The highest BCUT2D eigenvalue weighted by molar-refractivity contribution is 5.82. The predicted molar refractivity (Wildman–Crippen MR) is 66.5 cm³/mol. The topological polar surface area (TPSA) is 33.1 Å². The van der Waals surface area contributed by atoms with Crippen LogP contribution in [0, 0.1) is 0 Å². The number of rotatable bonds is 3. The maximum atomic E-state index is 9.92. The number of hydrogen-bond donors (Lipinski definition) is 1. The van der Waals surface area contributed by atoms with Crippen molar-refractivity contribution in [1.82, 2.24) is 4.98 Å². The van der Waals surface area contributed by atoms with Crippen molar-refractivity contribution in [2.45, 2.75) is 32.3 Å². The summed E-state index contributed by atoms with van der Waals surface area (Å²) >= 11 is 0. The number of para-hydroxylation sites is 1. The maximum Gasteiger partial charge on any atom is 0.0704 e. The van der Waals surface area contributed by atoms with Gasteiger partial charge in [0.15, 0.2) is 0 Å². The van der Waals surface area contributed by atoms with Crippen molar-refractivity contribution in [3.05, 3.63) is 42.1 Å². The fraction of sp³-hybridized carbons (Fsp3) is 0.357. The number of benzene rings is 1. The number of aliphatic hydroxyl groups is 1. The van der Waals surface area contributed by atoms with Crippen LogP contribution >= 0.6 is 0 Å². The summed E-state index contributed by atoms with van der Waals surface area (Å²) < 4.78 is 0. The lowest BCUT2D eigenvalue weighted by atomic mass is 9.91. The smallest absolute Gasteiger partial charge is 0.0704 e. The molecule has 1 aromatic carbocycles. The molecule has 84 valence electrons. The monoisotopic (exact) mass is 215 g/mol. The lowest BCUT2D eigenvalue weighted by molar-refractivity contribution is 0.145.